The lowest BCUT2D eigenvalue weighted by Gasteiger charge is -2.28. The number of hydrogen-bond acceptors (Lipinski definition) is 7. The molecule has 1 atom stereocenters. The topological polar surface area (TPSA) is 89.7 Å². The molecular weight excluding hydrogens is 572 g/mol. The van der Waals surface area contributed by atoms with Crippen molar-refractivity contribution in [3.8, 4) is 21.7 Å². The van der Waals surface area contributed by atoms with Gasteiger partial charge in [0.05, 0.1) is 34.5 Å². The number of aliphatic carboxylic acids is 1. The maximum absolute atomic E-state index is 12.6. The third kappa shape index (κ3) is 5.38. The van der Waals surface area contributed by atoms with Crippen LogP contribution in [0.2, 0.25) is 5.02 Å². The lowest BCUT2D eigenvalue weighted by molar-refractivity contribution is -0.160. The van der Waals surface area contributed by atoms with Crippen LogP contribution in [0, 0.1) is 6.92 Å². The van der Waals surface area contributed by atoms with E-state index in [0.717, 1.165) is 67.3 Å². The Hall–Kier alpha value is -3.50. The molecule has 5 aromatic rings. The fourth-order valence-electron chi connectivity index (χ4n) is 5.55. The molecule has 3 aromatic carbocycles. The highest BCUT2D eigenvalue weighted by molar-refractivity contribution is 7.22. The van der Waals surface area contributed by atoms with Gasteiger partial charge in [-0.25, -0.2) is 9.78 Å². The number of aromatic nitrogens is 3. The van der Waals surface area contributed by atoms with E-state index < -0.39 is 17.7 Å². The van der Waals surface area contributed by atoms with Crippen molar-refractivity contribution in [2.75, 3.05) is 31.2 Å². The number of morpholine rings is 1. The second kappa shape index (κ2) is 11.0. The van der Waals surface area contributed by atoms with Crippen molar-refractivity contribution >= 4 is 55.8 Å². The summed E-state index contributed by atoms with van der Waals surface area (Å²) in [5.41, 5.74) is 5.26. The number of hydrogen-bond donors (Lipinski definition) is 1. The summed E-state index contributed by atoms with van der Waals surface area (Å²) in [5, 5.41) is 17.7. The number of halogens is 1. The largest absolute Gasteiger partial charge is 0.479 e. The highest BCUT2D eigenvalue weighted by Gasteiger charge is 2.32. The number of thiazole rings is 1. The zero-order valence-corrected chi connectivity index (χ0v) is 25.8. The van der Waals surface area contributed by atoms with E-state index in [4.69, 9.17) is 31.2 Å². The van der Waals surface area contributed by atoms with E-state index in [1.165, 1.54) is 0 Å². The third-order valence-corrected chi connectivity index (χ3v) is 8.80. The number of fused-ring (bicyclic) bond motifs is 2. The van der Waals surface area contributed by atoms with E-state index in [-0.39, 0.29) is 0 Å². The minimum absolute atomic E-state index is 0.607. The van der Waals surface area contributed by atoms with Gasteiger partial charge in [0.25, 0.3) is 0 Å². The number of ether oxygens (including phenoxy) is 2. The SMILES string of the molecule is Cc1cc2nc(-c3ccc4c(c3)c(N3CCOCC3)nn4C)sc2c(-c2ccc(Cl)cc2)c1[C@H](OC(C)(C)C)C(=O)O. The number of carboxylic acid groups (broad SMARTS) is 1. The lowest BCUT2D eigenvalue weighted by atomic mass is 9.91. The van der Waals surface area contributed by atoms with Crippen LogP contribution in [0.1, 0.15) is 38.0 Å². The van der Waals surface area contributed by atoms with E-state index in [1.54, 1.807) is 11.3 Å². The quantitative estimate of drug-likeness (QED) is 0.218. The molecule has 0 spiro atoms. The molecule has 0 amide bonds. The molecule has 0 saturated carbocycles. The summed E-state index contributed by atoms with van der Waals surface area (Å²) in [5.74, 6) is -0.0904. The van der Waals surface area contributed by atoms with Gasteiger partial charge >= 0.3 is 5.97 Å². The number of anilines is 1. The monoisotopic (exact) mass is 604 g/mol. The summed E-state index contributed by atoms with van der Waals surface area (Å²) in [6, 6.07) is 15.8. The zero-order chi connectivity index (χ0) is 29.8. The lowest BCUT2D eigenvalue weighted by Crippen LogP contribution is -2.36. The standard InChI is InChI=1S/C32H33ClN4O4S/c1-18-16-23-28(26(19-6-9-21(33)10-7-19)25(18)27(31(38)39)41-32(2,3)4)42-30(34-23)20-8-11-24-22(17-20)29(35-36(24)5)37-12-14-40-15-13-37/h6-11,16-17,27H,12-15H2,1-5H3,(H,38,39)/t27-/m0/s1. The smallest absolute Gasteiger partial charge is 0.337 e. The predicted molar refractivity (Wildman–Crippen MR) is 169 cm³/mol. The Labute approximate surface area is 253 Å². The molecule has 0 bridgehead atoms. The van der Waals surface area contributed by atoms with Crippen molar-refractivity contribution in [1.82, 2.24) is 14.8 Å². The van der Waals surface area contributed by atoms with Crippen LogP contribution in [-0.4, -0.2) is 57.7 Å². The van der Waals surface area contributed by atoms with Crippen LogP contribution in [0.3, 0.4) is 0 Å². The van der Waals surface area contributed by atoms with Crippen LogP contribution in [0.4, 0.5) is 5.82 Å². The Bertz CT molecular complexity index is 1800. The van der Waals surface area contributed by atoms with Crippen LogP contribution >= 0.6 is 22.9 Å². The van der Waals surface area contributed by atoms with E-state index in [9.17, 15) is 9.90 Å². The molecule has 1 saturated heterocycles. The minimum Gasteiger partial charge on any atom is -0.479 e. The Morgan fingerprint density at radius 3 is 2.45 bits per heavy atom. The number of nitrogens with zero attached hydrogens (tertiary/aromatic N) is 4. The molecule has 0 radical (unpaired) electrons. The first-order valence-corrected chi connectivity index (χ1v) is 15.1. The van der Waals surface area contributed by atoms with Gasteiger partial charge in [0.15, 0.2) is 11.9 Å². The molecule has 1 fully saturated rings. The van der Waals surface area contributed by atoms with E-state index in [2.05, 4.69) is 23.1 Å². The summed E-state index contributed by atoms with van der Waals surface area (Å²) >= 11 is 7.79. The number of carboxylic acids is 1. The fourth-order valence-corrected chi connectivity index (χ4v) is 6.80. The number of rotatable bonds is 6. The predicted octanol–water partition coefficient (Wildman–Crippen LogP) is 7.26. The number of benzene rings is 3. The molecule has 218 valence electrons. The number of aryl methyl sites for hydroxylation is 2. The van der Waals surface area contributed by atoms with Crippen LogP contribution in [0.15, 0.2) is 48.5 Å². The first kappa shape index (κ1) is 28.6. The van der Waals surface area contributed by atoms with E-state index in [1.807, 2.05) is 69.8 Å². The van der Waals surface area contributed by atoms with Crippen molar-refractivity contribution in [3.05, 3.63) is 64.7 Å². The van der Waals surface area contributed by atoms with Crippen molar-refractivity contribution < 1.29 is 19.4 Å². The number of carbonyl (C=O) groups is 1. The molecule has 1 N–H and O–H groups in total. The van der Waals surface area contributed by atoms with E-state index >= 15 is 0 Å². The average Bonchev–Trinajstić information content (AvgIpc) is 3.52. The molecule has 6 rings (SSSR count). The van der Waals surface area contributed by atoms with Crippen molar-refractivity contribution in [2.24, 2.45) is 7.05 Å². The Morgan fingerprint density at radius 1 is 1.10 bits per heavy atom. The van der Waals surface area contributed by atoms with Gasteiger partial charge in [-0.15, -0.1) is 11.3 Å². The van der Waals surface area contributed by atoms with Gasteiger partial charge in [0, 0.05) is 47.2 Å². The molecule has 0 aliphatic carbocycles. The average molecular weight is 605 g/mol. The summed E-state index contributed by atoms with van der Waals surface area (Å²) in [6.45, 7) is 10.5. The van der Waals surface area contributed by atoms with Crippen LogP contribution in [0.25, 0.3) is 42.8 Å². The first-order valence-electron chi connectivity index (χ1n) is 13.9. The van der Waals surface area contributed by atoms with Crippen LogP contribution in [0.5, 0.6) is 0 Å². The van der Waals surface area contributed by atoms with Crippen LogP contribution in [-0.2, 0) is 21.3 Å². The highest BCUT2D eigenvalue weighted by Crippen LogP contribution is 2.45. The molecule has 0 unspecified atom stereocenters. The molecular formula is C32H33ClN4O4S. The zero-order valence-electron chi connectivity index (χ0n) is 24.3. The normalized spacial score (nSPS) is 15.0. The van der Waals surface area contributed by atoms with Crippen molar-refractivity contribution in [3.63, 3.8) is 0 Å². The molecule has 1 aliphatic heterocycles. The minimum atomic E-state index is -1.16. The van der Waals surface area contributed by atoms with Gasteiger partial charge in [-0.3, -0.25) is 4.68 Å². The Kier molecular flexibility index (Phi) is 7.47. The van der Waals surface area contributed by atoms with Gasteiger partial charge in [-0.05, 0) is 75.2 Å². The summed E-state index contributed by atoms with van der Waals surface area (Å²) < 4.78 is 14.5. The molecule has 3 heterocycles. The molecule has 1 aliphatic rings. The highest BCUT2D eigenvalue weighted by atomic mass is 35.5. The van der Waals surface area contributed by atoms with Crippen molar-refractivity contribution in [1.29, 1.82) is 0 Å². The summed E-state index contributed by atoms with van der Waals surface area (Å²) in [4.78, 5) is 20.0. The molecule has 8 nitrogen and oxygen atoms in total. The fraction of sp³-hybridized carbons (Fsp3) is 0.344. The van der Waals surface area contributed by atoms with E-state index in [0.29, 0.717) is 23.8 Å². The van der Waals surface area contributed by atoms with Crippen LogP contribution < -0.4 is 4.90 Å². The molecule has 2 aromatic heterocycles. The first-order chi connectivity index (χ1) is 20.0. The summed E-state index contributed by atoms with van der Waals surface area (Å²) in [6.07, 6.45) is -1.16. The van der Waals surface area contributed by atoms with Crippen molar-refractivity contribution in [2.45, 2.75) is 39.4 Å². The maximum Gasteiger partial charge on any atom is 0.337 e. The van der Waals surface area contributed by atoms with Gasteiger partial charge in [0.2, 0.25) is 0 Å². The second-order valence-electron chi connectivity index (χ2n) is 11.6. The maximum atomic E-state index is 12.6. The molecule has 42 heavy (non-hydrogen) atoms. The van der Waals surface area contributed by atoms with Gasteiger partial charge in [-0.2, -0.15) is 5.10 Å². The Balaban J connectivity index is 1.55. The Morgan fingerprint density at radius 2 is 1.79 bits per heavy atom. The molecule has 10 heteroatoms. The summed E-state index contributed by atoms with van der Waals surface area (Å²) in [7, 11) is 1.96. The second-order valence-corrected chi connectivity index (χ2v) is 13.0. The van der Waals surface area contributed by atoms with Gasteiger partial charge < -0.3 is 19.5 Å². The third-order valence-electron chi connectivity index (χ3n) is 7.41. The van der Waals surface area contributed by atoms with Gasteiger partial charge in [0.1, 0.15) is 5.01 Å². The van der Waals surface area contributed by atoms with Gasteiger partial charge in [-0.1, -0.05) is 23.7 Å².